The van der Waals surface area contributed by atoms with Gasteiger partial charge >= 0.3 is 0 Å². The lowest BCUT2D eigenvalue weighted by molar-refractivity contribution is -0.678. The summed E-state index contributed by atoms with van der Waals surface area (Å²) in [7, 11) is 2.14. The fourth-order valence-electron chi connectivity index (χ4n) is 4.66. The first kappa shape index (κ1) is 23.8. The molecule has 31 heavy (non-hydrogen) atoms. The Morgan fingerprint density at radius 2 is 1.81 bits per heavy atom. The van der Waals surface area contributed by atoms with Gasteiger partial charge in [-0.05, 0) is 62.3 Å². The van der Waals surface area contributed by atoms with Crippen LogP contribution in [-0.4, -0.2) is 29.6 Å². The predicted molar refractivity (Wildman–Crippen MR) is 129 cm³/mol. The third kappa shape index (κ3) is 7.38. The summed E-state index contributed by atoms with van der Waals surface area (Å²) in [6.45, 7) is 8.75. The Kier molecular flexibility index (Phi) is 9.92. The largest absolute Gasteiger partial charge is 0.493 e. The SMILES string of the molecule is CCCCCc1ccc(OCCCCN2CCc3c([nH]c[n+]3C)C2)c(CCCCC)c1. The summed E-state index contributed by atoms with van der Waals surface area (Å²) in [5.41, 5.74) is 5.76. The molecule has 0 spiro atoms. The number of nitrogens with zero attached hydrogens (tertiary/aromatic N) is 2. The number of aromatic amines is 1. The molecule has 0 amide bonds. The van der Waals surface area contributed by atoms with Crippen LogP contribution in [-0.2, 0) is 32.9 Å². The molecule has 1 N–H and O–H groups in total. The lowest BCUT2D eigenvalue weighted by atomic mass is 10.00. The summed E-state index contributed by atoms with van der Waals surface area (Å²) < 4.78 is 8.50. The first-order valence-electron chi connectivity index (χ1n) is 12.7. The molecule has 172 valence electrons. The molecule has 2 heterocycles. The predicted octanol–water partition coefficient (Wildman–Crippen LogP) is 5.52. The van der Waals surface area contributed by atoms with Gasteiger partial charge in [-0.25, -0.2) is 9.55 Å². The molecule has 4 nitrogen and oxygen atoms in total. The minimum absolute atomic E-state index is 0.826. The van der Waals surface area contributed by atoms with Crippen molar-refractivity contribution < 1.29 is 9.30 Å². The van der Waals surface area contributed by atoms with Gasteiger partial charge in [0.15, 0.2) is 5.69 Å². The van der Waals surface area contributed by atoms with Crippen molar-refractivity contribution in [2.45, 2.75) is 91.0 Å². The maximum Gasteiger partial charge on any atom is 0.241 e. The van der Waals surface area contributed by atoms with Gasteiger partial charge in [-0.3, -0.25) is 4.90 Å². The van der Waals surface area contributed by atoms with Gasteiger partial charge in [0, 0.05) is 13.0 Å². The average Bonchev–Trinajstić information content (AvgIpc) is 3.15. The second-order valence-corrected chi connectivity index (χ2v) is 9.25. The number of rotatable bonds is 14. The zero-order chi connectivity index (χ0) is 21.9. The van der Waals surface area contributed by atoms with Gasteiger partial charge in [0.1, 0.15) is 11.4 Å². The van der Waals surface area contributed by atoms with Gasteiger partial charge in [0.05, 0.1) is 20.2 Å². The number of hydrogen-bond donors (Lipinski definition) is 1. The standard InChI is InChI=1S/C27H43N3O/c1-4-6-8-12-23-14-15-27(24(20-23)13-9-7-5-2)31-19-11-10-17-30-18-16-26-25(21-30)28-22-29(26)3/h14-15,20,22H,4-13,16-19,21H2,1-3H3/p+1. The van der Waals surface area contributed by atoms with E-state index in [1.165, 1.54) is 80.4 Å². The molecule has 1 aliphatic heterocycles. The Labute approximate surface area is 190 Å². The number of unbranched alkanes of at least 4 members (excludes halogenated alkanes) is 5. The van der Waals surface area contributed by atoms with E-state index in [1.807, 2.05) is 0 Å². The highest BCUT2D eigenvalue weighted by molar-refractivity contribution is 5.37. The smallest absolute Gasteiger partial charge is 0.241 e. The second kappa shape index (κ2) is 12.9. The third-order valence-electron chi connectivity index (χ3n) is 6.62. The molecule has 0 saturated carbocycles. The summed E-state index contributed by atoms with van der Waals surface area (Å²) in [6, 6.07) is 6.94. The third-order valence-corrected chi connectivity index (χ3v) is 6.62. The van der Waals surface area contributed by atoms with Crippen LogP contribution in [0.15, 0.2) is 24.5 Å². The quantitative estimate of drug-likeness (QED) is 0.318. The monoisotopic (exact) mass is 426 g/mol. The molecule has 0 bridgehead atoms. The molecule has 1 aromatic heterocycles. The first-order chi connectivity index (χ1) is 15.2. The van der Waals surface area contributed by atoms with Gasteiger partial charge in [0.25, 0.3) is 0 Å². The Hall–Kier alpha value is -1.81. The second-order valence-electron chi connectivity index (χ2n) is 9.25. The number of imidazole rings is 1. The van der Waals surface area contributed by atoms with Gasteiger partial charge in [-0.1, -0.05) is 51.7 Å². The summed E-state index contributed by atoms with van der Waals surface area (Å²) in [6.07, 6.45) is 15.6. The van der Waals surface area contributed by atoms with E-state index in [-0.39, 0.29) is 0 Å². The molecule has 0 aliphatic carbocycles. The Bertz CT molecular complexity index is 783. The van der Waals surface area contributed by atoms with Gasteiger partial charge < -0.3 is 4.74 Å². The highest BCUT2D eigenvalue weighted by atomic mass is 16.5. The number of hydrogen-bond acceptors (Lipinski definition) is 2. The van der Waals surface area contributed by atoms with E-state index >= 15 is 0 Å². The fraction of sp³-hybridized carbons (Fsp3) is 0.667. The van der Waals surface area contributed by atoms with Crippen LogP contribution in [0.5, 0.6) is 5.75 Å². The summed E-state index contributed by atoms with van der Waals surface area (Å²) >= 11 is 0. The maximum atomic E-state index is 6.27. The van der Waals surface area contributed by atoms with Crippen LogP contribution in [0.25, 0.3) is 0 Å². The van der Waals surface area contributed by atoms with Crippen molar-refractivity contribution >= 4 is 0 Å². The van der Waals surface area contributed by atoms with Crippen LogP contribution in [0.2, 0.25) is 0 Å². The van der Waals surface area contributed by atoms with Gasteiger partial charge in [0.2, 0.25) is 6.33 Å². The molecule has 0 unspecified atom stereocenters. The van der Waals surface area contributed by atoms with Crippen LogP contribution in [0.3, 0.4) is 0 Å². The lowest BCUT2D eigenvalue weighted by Gasteiger charge is -2.24. The number of aryl methyl sites for hydroxylation is 3. The minimum atomic E-state index is 0.826. The number of H-pyrrole nitrogens is 1. The Morgan fingerprint density at radius 3 is 2.61 bits per heavy atom. The molecule has 0 atom stereocenters. The minimum Gasteiger partial charge on any atom is -0.493 e. The molecule has 1 aromatic carbocycles. The topological polar surface area (TPSA) is 32.1 Å². The Balaban J connectivity index is 1.43. The van der Waals surface area contributed by atoms with Gasteiger partial charge in [-0.15, -0.1) is 0 Å². The normalized spacial score (nSPS) is 14.0. The maximum absolute atomic E-state index is 6.27. The highest BCUT2D eigenvalue weighted by Crippen LogP contribution is 2.24. The molecular formula is C27H44N3O+. The number of fused-ring (bicyclic) bond motifs is 1. The molecule has 0 fully saturated rings. The van der Waals surface area contributed by atoms with E-state index in [2.05, 4.69) is 59.9 Å². The van der Waals surface area contributed by atoms with Crippen LogP contribution >= 0.6 is 0 Å². The van der Waals surface area contributed by atoms with E-state index in [9.17, 15) is 0 Å². The van der Waals surface area contributed by atoms with Crippen molar-refractivity contribution in [3.05, 3.63) is 47.0 Å². The number of nitrogens with one attached hydrogen (secondary N) is 1. The van der Waals surface area contributed by atoms with Crippen LogP contribution < -0.4 is 9.30 Å². The van der Waals surface area contributed by atoms with Crippen molar-refractivity contribution in [3.8, 4) is 5.75 Å². The summed E-state index contributed by atoms with van der Waals surface area (Å²) in [5, 5.41) is 0. The van der Waals surface area contributed by atoms with Crippen molar-refractivity contribution in [1.29, 1.82) is 0 Å². The van der Waals surface area contributed by atoms with Crippen LogP contribution in [0.1, 0.15) is 87.7 Å². The average molecular weight is 427 g/mol. The van der Waals surface area contributed by atoms with E-state index in [0.29, 0.717) is 0 Å². The van der Waals surface area contributed by atoms with Crippen LogP contribution in [0, 0.1) is 0 Å². The molecule has 4 heteroatoms. The van der Waals surface area contributed by atoms with E-state index in [0.717, 1.165) is 44.7 Å². The molecule has 0 radical (unpaired) electrons. The Morgan fingerprint density at radius 1 is 1.00 bits per heavy atom. The van der Waals surface area contributed by atoms with Gasteiger partial charge in [-0.2, -0.15) is 0 Å². The molecule has 0 saturated heterocycles. The molecule has 2 aromatic rings. The van der Waals surface area contributed by atoms with E-state index < -0.39 is 0 Å². The van der Waals surface area contributed by atoms with Crippen molar-refractivity contribution in [1.82, 2.24) is 9.88 Å². The zero-order valence-corrected chi connectivity index (χ0v) is 20.2. The lowest BCUT2D eigenvalue weighted by Crippen LogP contribution is -2.38. The highest BCUT2D eigenvalue weighted by Gasteiger charge is 2.23. The number of ether oxygens (including phenoxy) is 1. The molecule has 1 aliphatic rings. The number of aromatic nitrogens is 2. The van der Waals surface area contributed by atoms with Crippen molar-refractivity contribution in [2.75, 3.05) is 19.7 Å². The van der Waals surface area contributed by atoms with Crippen LogP contribution in [0.4, 0.5) is 0 Å². The summed E-state index contributed by atoms with van der Waals surface area (Å²) in [4.78, 5) is 5.99. The van der Waals surface area contributed by atoms with E-state index in [1.54, 1.807) is 0 Å². The van der Waals surface area contributed by atoms with E-state index in [4.69, 9.17) is 4.74 Å². The zero-order valence-electron chi connectivity index (χ0n) is 20.2. The molecular weight excluding hydrogens is 382 g/mol. The fourth-order valence-corrected chi connectivity index (χ4v) is 4.66. The molecule has 3 rings (SSSR count). The van der Waals surface area contributed by atoms with Crippen molar-refractivity contribution in [2.24, 2.45) is 7.05 Å². The van der Waals surface area contributed by atoms with Crippen molar-refractivity contribution in [3.63, 3.8) is 0 Å². The summed E-state index contributed by atoms with van der Waals surface area (Å²) in [5.74, 6) is 1.12. The first-order valence-corrected chi connectivity index (χ1v) is 12.7. The number of benzene rings is 1.